The Bertz CT molecular complexity index is 412. The fraction of sp³-hybridized carbons (Fsp3) is 0.760. The zero-order valence-electron chi connectivity index (χ0n) is 18.9. The minimum absolute atomic E-state index is 0.174. The van der Waals surface area contributed by atoms with E-state index in [-0.39, 0.29) is 11.5 Å². The summed E-state index contributed by atoms with van der Waals surface area (Å²) in [6, 6.07) is 0. The number of aliphatic hydroxyl groups excluding tert-OH is 2. The van der Waals surface area contributed by atoms with Gasteiger partial charge in [-0.2, -0.15) is 0 Å². The number of nitrogens with zero attached hydrogens (tertiary/aromatic N) is 1. The van der Waals surface area contributed by atoms with Crippen LogP contribution in [0.25, 0.3) is 0 Å². The summed E-state index contributed by atoms with van der Waals surface area (Å²) in [5, 5.41) is 19.0. The van der Waals surface area contributed by atoms with Gasteiger partial charge in [-0.1, -0.05) is 83.6 Å². The third-order valence-corrected chi connectivity index (χ3v) is 5.34. The molecule has 0 rings (SSSR count). The summed E-state index contributed by atoms with van der Waals surface area (Å²) in [6.07, 6.45) is 23.0. The molecule has 3 nitrogen and oxygen atoms in total. The lowest BCUT2D eigenvalue weighted by Crippen LogP contribution is -2.47. The summed E-state index contributed by atoms with van der Waals surface area (Å²) in [5.74, 6) is 0.349. The van der Waals surface area contributed by atoms with Crippen molar-refractivity contribution in [2.24, 2.45) is 0 Å². The summed E-state index contributed by atoms with van der Waals surface area (Å²) in [6.45, 7) is 11.3. The Morgan fingerprint density at radius 2 is 1.07 bits per heavy atom. The van der Waals surface area contributed by atoms with Crippen molar-refractivity contribution >= 4 is 0 Å². The Morgan fingerprint density at radius 3 is 1.50 bits per heavy atom. The van der Waals surface area contributed by atoms with E-state index in [0.29, 0.717) is 17.6 Å². The number of rotatable bonds is 20. The molecule has 0 aliphatic rings. The van der Waals surface area contributed by atoms with Crippen molar-refractivity contribution in [3.8, 4) is 0 Å². The molecular formula is C25H48NO2+. The Hall–Kier alpha value is -1.22. The van der Waals surface area contributed by atoms with Crippen LogP contribution in [0.3, 0.4) is 0 Å². The molecule has 3 heteroatoms. The SMILES string of the molecule is C=C(O)C[N+](C)(CCCCCCCC/C=C\CCCCCCCC)CC(=C)O. The van der Waals surface area contributed by atoms with Crippen LogP contribution in [0.15, 0.2) is 36.8 Å². The van der Waals surface area contributed by atoms with Gasteiger partial charge in [0.1, 0.15) is 24.6 Å². The van der Waals surface area contributed by atoms with E-state index in [0.717, 1.165) is 13.0 Å². The molecule has 0 amide bonds. The second-order valence-electron chi connectivity index (χ2n) is 8.73. The van der Waals surface area contributed by atoms with Gasteiger partial charge < -0.3 is 14.7 Å². The largest absolute Gasteiger partial charge is 0.507 e. The van der Waals surface area contributed by atoms with Gasteiger partial charge in [0.05, 0.1) is 13.6 Å². The smallest absolute Gasteiger partial charge is 0.139 e. The van der Waals surface area contributed by atoms with E-state index in [9.17, 15) is 10.2 Å². The minimum Gasteiger partial charge on any atom is -0.507 e. The normalized spacial score (nSPS) is 11.9. The molecule has 28 heavy (non-hydrogen) atoms. The molecule has 0 aromatic rings. The van der Waals surface area contributed by atoms with Gasteiger partial charge in [-0.3, -0.25) is 0 Å². The summed E-state index contributed by atoms with van der Waals surface area (Å²) in [7, 11) is 2.04. The Labute approximate surface area is 175 Å². The fourth-order valence-corrected chi connectivity index (χ4v) is 3.84. The molecule has 0 atom stereocenters. The standard InChI is InChI=1S/C25H47NO2/c1-5-6-7-8-9-10-11-12-13-14-15-16-17-18-19-20-21-26(4,22-24(2)27)23-25(3)28/h12-13H,2-3,5-11,14-23H2,1,4H3,(H-,27,28)/p+1/b13-12-. The highest BCUT2D eigenvalue weighted by Gasteiger charge is 2.23. The van der Waals surface area contributed by atoms with Crippen molar-refractivity contribution < 1.29 is 14.7 Å². The topological polar surface area (TPSA) is 40.5 Å². The average Bonchev–Trinajstić information content (AvgIpc) is 2.60. The van der Waals surface area contributed by atoms with Gasteiger partial charge in [0.25, 0.3) is 0 Å². The molecule has 0 saturated heterocycles. The average molecular weight is 395 g/mol. The van der Waals surface area contributed by atoms with Crippen LogP contribution in [0.2, 0.25) is 0 Å². The number of quaternary nitrogens is 1. The van der Waals surface area contributed by atoms with Crippen LogP contribution < -0.4 is 0 Å². The second kappa shape index (κ2) is 17.8. The number of allylic oxidation sites excluding steroid dienone is 2. The second-order valence-corrected chi connectivity index (χ2v) is 8.73. The molecule has 2 N–H and O–H groups in total. The molecule has 0 aromatic heterocycles. The molecule has 0 aromatic carbocycles. The van der Waals surface area contributed by atoms with Crippen LogP contribution in [0, 0.1) is 0 Å². The van der Waals surface area contributed by atoms with Gasteiger partial charge in [0, 0.05) is 0 Å². The quantitative estimate of drug-likeness (QED) is 0.0965. The first kappa shape index (κ1) is 26.8. The molecule has 0 unspecified atom stereocenters. The third kappa shape index (κ3) is 18.2. The summed E-state index contributed by atoms with van der Waals surface area (Å²) in [5.41, 5.74) is 0. The molecule has 0 aliphatic carbocycles. The maximum Gasteiger partial charge on any atom is 0.139 e. The van der Waals surface area contributed by atoms with Crippen LogP contribution in [-0.2, 0) is 0 Å². The maximum atomic E-state index is 9.51. The summed E-state index contributed by atoms with van der Waals surface area (Å²) >= 11 is 0. The molecule has 0 aliphatic heterocycles. The van der Waals surface area contributed by atoms with Gasteiger partial charge in [0.15, 0.2) is 0 Å². The fourth-order valence-electron chi connectivity index (χ4n) is 3.84. The highest BCUT2D eigenvalue weighted by atomic mass is 16.3. The summed E-state index contributed by atoms with van der Waals surface area (Å²) in [4.78, 5) is 0. The lowest BCUT2D eigenvalue weighted by molar-refractivity contribution is -0.903. The molecule has 0 saturated carbocycles. The van der Waals surface area contributed by atoms with Crippen LogP contribution in [0.4, 0.5) is 0 Å². The Balaban J connectivity index is 3.56. The Kier molecular flexibility index (Phi) is 17.1. The molecule has 0 fully saturated rings. The van der Waals surface area contributed by atoms with Crippen LogP contribution in [-0.4, -0.2) is 41.4 Å². The predicted octanol–water partition coefficient (Wildman–Crippen LogP) is 7.61. The summed E-state index contributed by atoms with van der Waals surface area (Å²) < 4.78 is 0.577. The number of hydrogen-bond donors (Lipinski definition) is 2. The van der Waals surface area contributed by atoms with E-state index in [2.05, 4.69) is 32.2 Å². The van der Waals surface area contributed by atoms with Crippen LogP contribution in [0.1, 0.15) is 96.8 Å². The van der Waals surface area contributed by atoms with Gasteiger partial charge in [-0.05, 0) is 38.5 Å². The highest BCUT2D eigenvalue weighted by Crippen LogP contribution is 2.14. The lowest BCUT2D eigenvalue weighted by Gasteiger charge is -2.33. The zero-order chi connectivity index (χ0) is 21.1. The van der Waals surface area contributed by atoms with Crippen LogP contribution in [0.5, 0.6) is 0 Å². The predicted molar refractivity (Wildman–Crippen MR) is 124 cm³/mol. The highest BCUT2D eigenvalue weighted by molar-refractivity contribution is 4.83. The lowest BCUT2D eigenvalue weighted by atomic mass is 10.1. The van der Waals surface area contributed by atoms with Gasteiger partial charge in [-0.25, -0.2) is 0 Å². The monoisotopic (exact) mass is 394 g/mol. The van der Waals surface area contributed by atoms with Gasteiger partial charge in [0.2, 0.25) is 0 Å². The van der Waals surface area contributed by atoms with Crippen molar-refractivity contribution in [3.05, 3.63) is 36.8 Å². The van der Waals surface area contributed by atoms with Crippen molar-refractivity contribution in [2.45, 2.75) is 96.8 Å². The number of aliphatic hydroxyl groups is 2. The molecule has 164 valence electrons. The molecule has 0 bridgehead atoms. The van der Waals surface area contributed by atoms with Crippen molar-refractivity contribution in [2.75, 3.05) is 26.7 Å². The van der Waals surface area contributed by atoms with E-state index < -0.39 is 0 Å². The minimum atomic E-state index is 0.174. The van der Waals surface area contributed by atoms with E-state index in [4.69, 9.17) is 0 Å². The van der Waals surface area contributed by atoms with Crippen LogP contribution >= 0.6 is 0 Å². The van der Waals surface area contributed by atoms with Crippen molar-refractivity contribution in [1.82, 2.24) is 0 Å². The third-order valence-electron chi connectivity index (χ3n) is 5.34. The van der Waals surface area contributed by atoms with E-state index in [1.54, 1.807) is 0 Å². The molecule has 0 spiro atoms. The first-order valence-corrected chi connectivity index (χ1v) is 11.6. The molecule has 0 radical (unpaired) electrons. The number of unbranched alkanes of at least 4 members (excludes halogenated alkanes) is 12. The van der Waals surface area contributed by atoms with Crippen molar-refractivity contribution in [3.63, 3.8) is 0 Å². The number of hydrogen-bond acceptors (Lipinski definition) is 2. The zero-order valence-corrected chi connectivity index (χ0v) is 18.9. The van der Waals surface area contributed by atoms with Gasteiger partial charge in [-0.15, -0.1) is 0 Å². The molecular weight excluding hydrogens is 346 g/mol. The van der Waals surface area contributed by atoms with E-state index >= 15 is 0 Å². The first-order chi connectivity index (χ1) is 13.4. The first-order valence-electron chi connectivity index (χ1n) is 11.6. The van der Waals surface area contributed by atoms with E-state index in [1.165, 1.54) is 83.5 Å². The van der Waals surface area contributed by atoms with Crippen molar-refractivity contribution in [1.29, 1.82) is 0 Å². The van der Waals surface area contributed by atoms with Gasteiger partial charge >= 0.3 is 0 Å². The Morgan fingerprint density at radius 1 is 0.679 bits per heavy atom. The molecule has 0 heterocycles. The number of likely N-dealkylation sites (N-methyl/N-ethyl adjacent to an activating group) is 1. The maximum absolute atomic E-state index is 9.51. The van der Waals surface area contributed by atoms with E-state index in [1.807, 2.05) is 7.05 Å².